The third kappa shape index (κ3) is 1.92. The van der Waals surface area contributed by atoms with Crippen molar-refractivity contribution in [3.8, 4) is 0 Å². The molecule has 15 heavy (non-hydrogen) atoms. The number of nitrogens with one attached hydrogen (secondary N) is 1. The highest BCUT2D eigenvalue weighted by molar-refractivity contribution is 5.10. The monoisotopic (exact) mass is 209 g/mol. The van der Waals surface area contributed by atoms with Crippen molar-refractivity contribution in [2.75, 3.05) is 13.7 Å². The standard InChI is InChI=1S/C11H19N3O/c1-8-5-7-15-11(8)10(12-2)9-4-6-13-14(9)3/h4,6,8,10-12H,5,7H2,1-3H3. The summed E-state index contributed by atoms with van der Waals surface area (Å²) in [6.45, 7) is 3.13. The number of rotatable bonds is 3. The van der Waals surface area contributed by atoms with Gasteiger partial charge >= 0.3 is 0 Å². The summed E-state index contributed by atoms with van der Waals surface area (Å²) in [5.74, 6) is 0.609. The van der Waals surface area contributed by atoms with Crippen molar-refractivity contribution in [3.63, 3.8) is 0 Å². The van der Waals surface area contributed by atoms with Crippen LogP contribution in [0.25, 0.3) is 0 Å². The van der Waals surface area contributed by atoms with Gasteiger partial charge in [0.2, 0.25) is 0 Å². The molecular formula is C11H19N3O. The second-order valence-electron chi connectivity index (χ2n) is 4.25. The van der Waals surface area contributed by atoms with Crippen molar-refractivity contribution < 1.29 is 4.74 Å². The van der Waals surface area contributed by atoms with Crippen molar-refractivity contribution >= 4 is 0 Å². The predicted octanol–water partition coefficient (Wildman–Crippen LogP) is 1.11. The zero-order chi connectivity index (χ0) is 10.8. The third-order valence-electron chi connectivity index (χ3n) is 3.26. The second-order valence-corrected chi connectivity index (χ2v) is 4.25. The molecule has 0 radical (unpaired) electrons. The van der Waals surface area contributed by atoms with Gasteiger partial charge in [-0.2, -0.15) is 5.10 Å². The Kier molecular flexibility index (Phi) is 3.07. The molecule has 1 aliphatic rings. The van der Waals surface area contributed by atoms with Gasteiger partial charge in [0.05, 0.1) is 17.8 Å². The van der Waals surface area contributed by atoms with Crippen molar-refractivity contribution in [3.05, 3.63) is 18.0 Å². The van der Waals surface area contributed by atoms with Crippen molar-refractivity contribution in [2.45, 2.75) is 25.5 Å². The van der Waals surface area contributed by atoms with Crippen molar-refractivity contribution in [1.82, 2.24) is 15.1 Å². The minimum absolute atomic E-state index is 0.245. The number of hydrogen-bond donors (Lipinski definition) is 1. The maximum absolute atomic E-state index is 5.79. The fraction of sp³-hybridized carbons (Fsp3) is 0.727. The molecule has 3 atom stereocenters. The zero-order valence-corrected chi connectivity index (χ0v) is 9.60. The molecule has 1 fully saturated rings. The first kappa shape index (κ1) is 10.6. The zero-order valence-electron chi connectivity index (χ0n) is 9.60. The Morgan fingerprint density at radius 2 is 2.47 bits per heavy atom. The van der Waals surface area contributed by atoms with Gasteiger partial charge in [-0.25, -0.2) is 0 Å². The first-order valence-electron chi connectivity index (χ1n) is 5.51. The van der Waals surface area contributed by atoms with Gasteiger partial charge in [-0.3, -0.25) is 4.68 Å². The van der Waals surface area contributed by atoms with Crippen LogP contribution in [0.3, 0.4) is 0 Å². The first-order valence-corrected chi connectivity index (χ1v) is 5.51. The number of ether oxygens (including phenoxy) is 1. The van der Waals surface area contributed by atoms with Crippen LogP contribution < -0.4 is 5.32 Å². The molecule has 1 saturated heterocycles. The molecule has 0 amide bonds. The third-order valence-corrected chi connectivity index (χ3v) is 3.26. The summed E-state index contributed by atoms with van der Waals surface area (Å²) in [4.78, 5) is 0. The average Bonchev–Trinajstić information content (AvgIpc) is 2.80. The van der Waals surface area contributed by atoms with Crippen LogP contribution >= 0.6 is 0 Å². The van der Waals surface area contributed by atoms with E-state index in [2.05, 4.69) is 23.4 Å². The second kappa shape index (κ2) is 4.33. The normalized spacial score (nSPS) is 28.2. The molecule has 0 bridgehead atoms. The van der Waals surface area contributed by atoms with Crippen LogP contribution in [-0.2, 0) is 11.8 Å². The molecule has 4 heteroatoms. The Bertz CT molecular complexity index is 323. The SMILES string of the molecule is CNC(c1ccnn1C)C1OCCC1C. The fourth-order valence-electron chi connectivity index (χ4n) is 2.31. The molecule has 0 spiro atoms. The van der Waals surface area contributed by atoms with Crippen molar-refractivity contribution in [2.24, 2.45) is 13.0 Å². The Hall–Kier alpha value is -0.870. The minimum atomic E-state index is 0.245. The minimum Gasteiger partial charge on any atom is -0.376 e. The largest absolute Gasteiger partial charge is 0.376 e. The van der Waals surface area contributed by atoms with E-state index in [1.54, 1.807) is 0 Å². The van der Waals surface area contributed by atoms with Gasteiger partial charge < -0.3 is 10.1 Å². The molecule has 1 N–H and O–H groups in total. The molecular weight excluding hydrogens is 190 g/mol. The Balaban J connectivity index is 2.20. The molecule has 1 aromatic heterocycles. The molecule has 84 valence electrons. The number of likely N-dealkylation sites (N-methyl/N-ethyl adjacent to an activating group) is 1. The topological polar surface area (TPSA) is 39.1 Å². The summed E-state index contributed by atoms with van der Waals surface area (Å²) < 4.78 is 7.71. The van der Waals surface area contributed by atoms with Crippen LogP contribution in [0.15, 0.2) is 12.3 Å². The Labute approximate surface area is 90.6 Å². The highest BCUT2D eigenvalue weighted by atomic mass is 16.5. The summed E-state index contributed by atoms with van der Waals surface area (Å²) in [7, 11) is 3.95. The lowest BCUT2D eigenvalue weighted by Crippen LogP contribution is -2.34. The van der Waals surface area contributed by atoms with Crippen LogP contribution in [0.1, 0.15) is 25.1 Å². The van der Waals surface area contributed by atoms with Gasteiger partial charge in [0, 0.05) is 19.9 Å². The van der Waals surface area contributed by atoms with E-state index in [4.69, 9.17) is 4.74 Å². The van der Waals surface area contributed by atoms with Crippen LogP contribution in [0.2, 0.25) is 0 Å². The van der Waals surface area contributed by atoms with E-state index in [0.29, 0.717) is 5.92 Å². The molecule has 2 heterocycles. The van der Waals surface area contributed by atoms with Crippen LogP contribution in [0.4, 0.5) is 0 Å². The maximum Gasteiger partial charge on any atom is 0.0811 e. The predicted molar refractivity (Wildman–Crippen MR) is 58.5 cm³/mol. The molecule has 3 unspecified atom stereocenters. The van der Waals surface area contributed by atoms with Gasteiger partial charge in [0.25, 0.3) is 0 Å². The van der Waals surface area contributed by atoms with E-state index in [1.165, 1.54) is 5.69 Å². The average molecular weight is 209 g/mol. The van der Waals surface area contributed by atoms with Crippen molar-refractivity contribution in [1.29, 1.82) is 0 Å². The molecule has 0 saturated carbocycles. The summed E-state index contributed by atoms with van der Waals surface area (Å²) >= 11 is 0. The first-order chi connectivity index (χ1) is 7.24. The highest BCUT2D eigenvalue weighted by Gasteiger charge is 2.33. The maximum atomic E-state index is 5.79. The van der Waals surface area contributed by atoms with Gasteiger partial charge in [-0.1, -0.05) is 6.92 Å². The van der Waals surface area contributed by atoms with Crippen LogP contribution in [0, 0.1) is 5.92 Å². The smallest absolute Gasteiger partial charge is 0.0811 e. The summed E-state index contributed by atoms with van der Waals surface area (Å²) in [6, 6.07) is 2.30. The molecule has 4 nitrogen and oxygen atoms in total. The molecule has 1 aromatic rings. The van der Waals surface area contributed by atoms with Gasteiger partial charge in [-0.15, -0.1) is 0 Å². The van der Waals surface area contributed by atoms with Crippen LogP contribution in [0.5, 0.6) is 0 Å². The van der Waals surface area contributed by atoms with E-state index in [0.717, 1.165) is 13.0 Å². The number of hydrogen-bond acceptors (Lipinski definition) is 3. The number of aromatic nitrogens is 2. The lowest BCUT2D eigenvalue weighted by atomic mass is 9.95. The summed E-state index contributed by atoms with van der Waals surface area (Å²) in [5.41, 5.74) is 1.19. The fourth-order valence-corrected chi connectivity index (χ4v) is 2.31. The number of nitrogens with zero attached hydrogens (tertiary/aromatic N) is 2. The Morgan fingerprint density at radius 1 is 1.67 bits per heavy atom. The van der Waals surface area contributed by atoms with Gasteiger partial charge in [-0.05, 0) is 25.5 Å². The lowest BCUT2D eigenvalue weighted by molar-refractivity contribution is 0.0607. The number of aryl methyl sites for hydroxylation is 1. The van der Waals surface area contributed by atoms with E-state index in [1.807, 2.05) is 25.0 Å². The quantitative estimate of drug-likeness (QED) is 0.810. The lowest BCUT2D eigenvalue weighted by Gasteiger charge is -2.25. The summed E-state index contributed by atoms with van der Waals surface area (Å²) in [5, 5.41) is 7.53. The Morgan fingerprint density at radius 3 is 2.93 bits per heavy atom. The van der Waals surface area contributed by atoms with E-state index >= 15 is 0 Å². The van der Waals surface area contributed by atoms with Gasteiger partial charge in [0.1, 0.15) is 0 Å². The van der Waals surface area contributed by atoms with E-state index in [-0.39, 0.29) is 12.1 Å². The van der Waals surface area contributed by atoms with Gasteiger partial charge in [0.15, 0.2) is 0 Å². The molecule has 2 rings (SSSR count). The molecule has 1 aliphatic heterocycles. The highest BCUT2D eigenvalue weighted by Crippen LogP contribution is 2.30. The summed E-state index contributed by atoms with van der Waals surface area (Å²) in [6.07, 6.45) is 3.25. The van der Waals surface area contributed by atoms with E-state index < -0.39 is 0 Å². The molecule has 0 aromatic carbocycles. The van der Waals surface area contributed by atoms with E-state index in [9.17, 15) is 0 Å². The van der Waals surface area contributed by atoms with Crippen LogP contribution in [-0.4, -0.2) is 29.5 Å². The molecule has 0 aliphatic carbocycles.